The zero-order valence-electron chi connectivity index (χ0n) is 11.9. The lowest BCUT2D eigenvalue weighted by atomic mass is 10.1. The molecule has 0 radical (unpaired) electrons. The molecule has 0 amide bonds. The van der Waals surface area contributed by atoms with Crippen molar-refractivity contribution < 1.29 is 8.42 Å². The van der Waals surface area contributed by atoms with Crippen molar-refractivity contribution in [3.63, 3.8) is 0 Å². The maximum absolute atomic E-state index is 12.8. The van der Waals surface area contributed by atoms with E-state index in [1.54, 1.807) is 6.07 Å². The number of nitrogens with zero attached hydrogens (tertiary/aromatic N) is 1. The molecule has 2 aromatic rings. The van der Waals surface area contributed by atoms with Gasteiger partial charge in [0.2, 0.25) is 10.0 Å². The molecule has 0 heterocycles. The summed E-state index contributed by atoms with van der Waals surface area (Å²) in [6.45, 7) is 4.79. The van der Waals surface area contributed by atoms with Crippen LogP contribution >= 0.6 is 0 Å². The summed E-state index contributed by atoms with van der Waals surface area (Å²) in [6, 6.07) is 9.92. The van der Waals surface area contributed by atoms with E-state index in [0.29, 0.717) is 18.0 Å². The number of hydrogen-bond acceptors (Lipinski definition) is 2. The molecule has 0 spiro atoms. The molecule has 1 aliphatic carbocycles. The fourth-order valence-electron chi connectivity index (χ4n) is 3.18. The number of rotatable bonds is 4. The van der Waals surface area contributed by atoms with Crippen LogP contribution in [0.3, 0.4) is 0 Å². The van der Waals surface area contributed by atoms with E-state index in [4.69, 9.17) is 0 Å². The Bertz CT molecular complexity index is 761. The monoisotopic (exact) mass is 289 g/mol. The van der Waals surface area contributed by atoms with Crippen molar-refractivity contribution in [3.8, 4) is 0 Å². The van der Waals surface area contributed by atoms with Crippen molar-refractivity contribution in [1.29, 1.82) is 0 Å². The molecule has 0 N–H and O–H groups in total. The van der Waals surface area contributed by atoms with Gasteiger partial charge in [-0.1, -0.05) is 38.1 Å². The van der Waals surface area contributed by atoms with Crippen LogP contribution in [0.15, 0.2) is 35.2 Å². The normalized spacial score (nSPS) is 14.3. The van der Waals surface area contributed by atoms with Crippen LogP contribution in [0.1, 0.15) is 25.0 Å². The predicted octanol–water partition coefficient (Wildman–Crippen LogP) is 2.97. The van der Waals surface area contributed by atoms with Gasteiger partial charge in [0, 0.05) is 13.1 Å². The van der Waals surface area contributed by atoms with Crippen molar-refractivity contribution >= 4 is 20.8 Å². The minimum atomic E-state index is -3.37. The van der Waals surface area contributed by atoms with Gasteiger partial charge in [-0.25, -0.2) is 8.42 Å². The molecule has 2 aromatic carbocycles. The molecule has 0 aromatic heterocycles. The molecule has 20 heavy (non-hydrogen) atoms. The standard InChI is InChI=1S/C16H19NO2S/c1-3-17(4-2)20(18,19)15-11-9-13-7-5-6-12-8-10-14(15)16(12)13/h5-7,9,11H,3-4,8,10H2,1-2H3. The van der Waals surface area contributed by atoms with Crippen LogP contribution in [-0.2, 0) is 22.9 Å². The first-order chi connectivity index (χ1) is 9.59. The van der Waals surface area contributed by atoms with Gasteiger partial charge in [0.25, 0.3) is 0 Å². The minimum absolute atomic E-state index is 0.499. The van der Waals surface area contributed by atoms with E-state index in [2.05, 4.69) is 12.1 Å². The summed E-state index contributed by atoms with van der Waals surface area (Å²) in [4.78, 5) is 0.499. The van der Waals surface area contributed by atoms with Gasteiger partial charge in [0.05, 0.1) is 4.90 Å². The lowest BCUT2D eigenvalue weighted by molar-refractivity contribution is 0.444. The van der Waals surface area contributed by atoms with E-state index in [1.807, 2.05) is 26.0 Å². The second-order valence-corrected chi connectivity index (χ2v) is 7.05. The summed E-state index contributed by atoms with van der Waals surface area (Å²) >= 11 is 0. The number of benzene rings is 2. The molecule has 0 fully saturated rings. The van der Waals surface area contributed by atoms with E-state index in [-0.39, 0.29) is 0 Å². The lowest BCUT2D eigenvalue weighted by Gasteiger charge is -2.20. The third kappa shape index (κ3) is 1.86. The van der Waals surface area contributed by atoms with E-state index >= 15 is 0 Å². The average Bonchev–Trinajstić information content (AvgIpc) is 2.86. The van der Waals surface area contributed by atoms with Crippen molar-refractivity contribution in [2.45, 2.75) is 31.6 Å². The largest absolute Gasteiger partial charge is 0.243 e. The summed E-state index contributed by atoms with van der Waals surface area (Å²) in [5, 5.41) is 2.30. The van der Waals surface area contributed by atoms with Crippen molar-refractivity contribution in [2.75, 3.05) is 13.1 Å². The average molecular weight is 289 g/mol. The molecular weight excluding hydrogens is 270 g/mol. The Morgan fingerprint density at radius 3 is 2.50 bits per heavy atom. The third-order valence-electron chi connectivity index (χ3n) is 4.16. The molecule has 1 aliphatic rings. The van der Waals surface area contributed by atoms with E-state index < -0.39 is 10.0 Å². The summed E-state index contributed by atoms with van der Waals surface area (Å²) in [6.07, 6.45) is 1.77. The van der Waals surface area contributed by atoms with E-state index in [0.717, 1.165) is 29.2 Å². The molecule has 0 unspecified atom stereocenters. The van der Waals surface area contributed by atoms with Gasteiger partial charge in [-0.15, -0.1) is 0 Å². The van der Waals surface area contributed by atoms with Gasteiger partial charge in [0.1, 0.15) is 0 Å². The third-order valence-corrected chi connectivity index (χ3v) is 6.30. The molecule has 0 saturated carbocycles. The first kappa shape index (κ1) is 13.6. The molecule has 3 nitrogen and oxygen atoms in total. The molecular formula is C16H19NO2S. The highest BCUT2D eigenvalue weighted by Gasteiger charge is 2.28. The van der Waals surface area contributed by atoms with Gasteiger partial charge in [-0.05, 0) is 40.8 Å². The lowest BCUT2D eigenvalue weighted by Crippen LogP contribution is -2.31. The Balaban J connectivity index is 2.26. The maximum Gasteiger partial charge on any atom is 0.243 e. The molecule has 0 bridgehead atoms. The highest BCUT2D eigenvalue weighted by Crippen LogP contribution is 2.35. The van der Waals surface area contributed by atoms with Crippen LogP contribution in [-0.4, -0.2) is 25.8 Å². The van der Waals surface area contributed by atoms with Gasteiger partial charge in [0.15, 0.2) is 0 Å². The van der Waals surface area contributed by atoms with Gasteiger partial charge in [-0.3, -0.25) is 0 Å². The SMILES string of the molecule is CCN(CC)S(=O)(=O)c1ccc2cccc3c2c1CC3. The molecule has 0 atom stereocenters. The Kier molecular flexibility index (Phi) is 3.30. The molecule has 0 saturated heterocycles. The first-order valence-corrected chi connectivity index (χ1v) is 8.57. The molecule has 4 heteroatoms. The highest BCUT2D eigenvalue weighted by atomic mass is 32.2. The van der Waals surface area contributed by atoms with E-state index in [1.165, 1.54) is 9.87 Å². The van der Waals surface area contributed by atoms with Crippen LogP contribution in [0.2, 0.25) is 0 Å². The maximum atomic E-state index is 12.8. The Morgan fingerprint density at radius 2 is 1.80 bits per heavy atom. The number of hydrogen-bond donors (Lipinski definition) is 0. The van der Waals surface area contributed by atoms with Gasteiger partial charge >= 0.3 is 0 Å². The zero-order valence-corrected chi connectivity index (χ0v) is 12.7. The van der Waals surface area contributed by atoms with Crippen LogP contribution in [0.25, 0.3) is 10.8 Å². The number of sulfonamides is 1. The topological polar surface area (TPSA) is 37.4 Å². The zero-order chi connectivity index (χ0) is 14.3. The Morgan fingerprint density at radius 1 is 1.05 bits per heavy atom. The van der Waals surface area contributed by atoms with Crippen molar-refractivity contribution in [1.82, 2.24) is 4.31 Å². The highest BCUT2D eigenvalue weighted by molar-refractivity contribution is 7.89. The van der Waals surface area contributed by atoms with Gasteiger partial charge < -0.3 is 0 Å². The quantitative estimate of drug-likeness (QED) is 0.868. The van der Waals surface area contributed by atoms with Crippen molar-refractivity contribution in [2.24, 2.45) is 0 Å². The Labute approximate surface area is 120 Å². The summed E-state index contributed by atoms with van der Waals surface area (Å²) in [7, 11) is -3.37. The van der Waals surface area contributed by atoms with Crippen LogP contribution < -0.4 is 0 Å². The Hall–Kier alpha value is -1.39. The molecule has 106 valence electrons. The number of aryl methyl sites for hydroxylation is 2. The summed E-state index contributed by atoms with van der Waals surface area (Å²) in [5.41, 5.74) is 2.28. The smallest absolute Gasteiger partial charge is 0.207 e. The predicted molar refractivity (Wildman–Crippen MR) is 81.5 cm³/mol. The fourth-order valence-corrected chi connectivity index (χ4v) is 4.89. The van der Waals surface area contributed by atoms with Crippen molar-refractivity contribution in [3.05, 3.63) is 41.5 Å². The van der Waals surface area contributed by atoms with E-state index in [9.17, 15) is 8.42 Å². The van der Waals surface area contributed by atoms with Gasteiger partial charge in [-0.2, -0.15) is 4.31 Å². The van der Waals surface area contributed by atoms with Crippen LogP contribution in [0.4, 0.5) is 0 Å². The first-order valence-electron chi connectivity index (χ1n) is 7.13. The molecule has 0 aliphatic heterocycles. The second-order valence-electron chi connectivity index (χ2n) is 5.15. The second kappa shape index (κ2) is 4.86. The minimum Gasteiger partial charge on any atom is -0.207 e. The fraction of sp³-hybridized carbons (Fsp3) is 0.375. The summed E-state index contributed by atoms with van der Waals surface area (Å²) < 4.78 is 27.1. The van der Waals surface area contributed by atoms with Crippen LogP contribution in [0.5, 0.6) is 0 Å². The molecule has 3 rings (SSSR count). The van der Waals surface area contributed by atoms with Crippen LogP contribution in [0, 0.1) is 0 Å². The summed E-state index contributed by atoms with van der Waals surface area (Å²) in [5.74, 6) is 0.